The quantitative estimate of drug-likeness (QED) is 0.512. The summed E-state index contributed by atoms with van der Waals surface area (Å²) in [6, 6.07) is 7.18. The second-order valence-electron chi connectivity index (χ2n) is 5.71. The van der Waals surface area contributed by atoms with E-state index in [-0.39, 0.29) is 35.3 Å². The zero-order chi connectivity index (χ0) is 19.6. The average molecular weight is 393 g/mol. The molecule has 0 radical (unpaired) electrons. The maximum absolute atomic E-state index is 13.8. The smallest absolute Gasteiger partial charge is 0.345 e. The zero-order valence-electron chi connectivity index (χ0n) is 14.1. The normalized spacial score (nSPS) is 10.8. The highest BCUT2D eigenvalue weighted by molar-refractivity contribution is 6.31. The summed E-state index contributed by atoms with van der Waals surface area (Å²) < 4.78 is 16.3. The fourth-order valence-corrected chi connectivity index (χ4v) is 2.70. The fraction of sp³-hybridized carbons (Fsp3) is 0.188. The number of rotatable bonds is 6. The molecule has 140 valence electrons. The second-order valence-corrected chi connectivity index (χ2v) is 6.11. The molecule has 1 aromatic carbocycles. The summed E-state index contributed by atoms with van der Waals surface area (Å²) in [6.45, 7) is 1.35. The lowest BCUT2D eigenvalue weighted by atomic mass is 10.2. The Bertz CT molecular complexity index is 995. The number of nitrogens with one attached hydrogen (secondary N) is 1. The highest BCUT2D eigenvalue weighted by Gasteiger charge is 2.20. The van der Waals surface area contributed by atoms with Crippen LogP contribution in [0.4, 0.5) is 16.0 Å². The molecular formula is C16H14ClFN6O3. The third kappa shape index (κ3) is 4.29. The van der Waals surface area contributed by atoms with Crippen LogP contribution in [0, 0.1) is 22.9 Å². The summed E-state index contributed by atoms with van der Waals surface area (Å²) in [6.07, 6.45) is 1.55. The molecule has 0 spiro atoms. The first-order valence-electron chi connectivity index (χ1n) is 7.78. The van der Waals surface area contributed by atoms with Crippen LogP contribution in [0.3, 0.4) is 0 Å². The Morgan fingerprint density at radius 3 is 2.85 bits per heavy atom. The summed E-state index contributed by atoms with van der Waals surface area (Å²) >= 11 is 5.99. The van der Waals surface area contributed by atoms with Gasteiger partial charge in [-0.05, 0) is 24.0 Å². The van der Waals surface area contributed by atoms with Gasteiger partial charge in [-0.2, -0.15) is 5.10 Å². The summed E-state index contributed by atoms with van der Waals surface area (Å²) in [7, 11) is 0. The number of nitrogens with zero attached hydrogens (tertiary/aromatic N) is 5. The third-order valence-corrected chi connectivity index (χ3v) is 4.01. The van der Waals surface area contributed by atoms with Crippen molar-refractivity contribution in [2.75, 3.05) is 5.32 Å². The molecule has 0 aliphatic rings. The van der Waals surface area contributed by atoms with Gasteiger partial charge in [-0.3, -0.25) is 9.48 Å². The molecule has 3 rings (SSSR count). The van der Waals surface area contributed by atoms with Crippen molar-refractivity contribution < 1.29 is 14.1 Å². The molecule has 2 aromatic heterocycles. The molecule has 0 unspecified atom stereocenters. The van der Waals surface area contributed by atoms with Crippen molar-refractivity contribution in [3.8, 4) is 0 Å². The molecule has 3 aromatic rings. The molecule has 0 bridgehead atoms. The number of aromatic nitrogens is 4. The predicted octanol–water partition coefficient (Wildman–Crippen LogP) is 2.78. The van der Waals surface area contributed by atoms with Gasteiger partial charge >= 0.3 is 5.82 Å². The Morgan fingerprint density at radius 1 is 1.37 bits per heavy atom. The first-order chi connectivity index (χ1) is 12.8. The van der Waals surface area contributed by atoms with Gasteiger partial charge in [0, 0.05) is 22.8 Å². The fourth-order valence-electron chi connectivity index (χ4n) is 2.48. The molecule has 11 heteroatoms. The van der Waals surface area contributed by atoms with Gasteiger partial charge in [-0.25, -0.2) is 4.39 Å². The topological polar surface area (TPSA) is 108 Å². The summed E-state index contributed by atoms with van der Waals surface area (Å²) in [4.78, 5) is 22.5. The van der Waals surface area contributed by atoms with E-state index in [0.29, 0.717) is 5.69 Å². The number of benzene rings is 1. The van der Waals surface area contributed by atoms with Gasteiger partial charge in [0.25, 0.3) is 5.91 Å². The maximum Gasteiger partial charge on any atom is 0.345 e. The number of nitro groups is 1. The van der Waals surface area contributed by atoms with E-state index in [2.05, 4.69) is 15.5 Å². The van der Waals surface area contributed by atoms with E-state index >= 15 is 0 Å². The van der Waals surface area contributed by atoms with E-state index in [1.165, 1.54) is 28.9 Å². The minimum atomic E-state index is -0.611. The maximum atomic E-state index is 13.8. The Labute approximate surface area is 157 Å². The number of carbonyl (C=O) groups excluding carboxylic acids is 1. The number of carbonyl (C=O) groups is 1. The predicted molar refractivity (Wildman–Crippen MR) is 95.0 cm³/mol. The Kier molecular flexibility index (Phi) is 5.17. The van der Waals surface area contributed by atoms with E-state index in [1.54, 1.807) is 19.2 Å². The van der Waals surface area contributed by atoms with Crippen LogP contribution in [0.15, 0.2) is 36.5 Å². The van der Waals surface area contributed by atoms with Crippen molar-refractivity contribution in [2.24, 2.45) is 0 Å². The Balaban J connectivity index is 1.67. The van der Waals surface area contributed by atoms with E-state index in [9.17, 15) is 19.3 Å². The van der Waals surface area contributed by atoms with E-state index in [4.69, 9.17) is 11.6 Å². The third-order valence-electron chi connectivity index (χ3n) is 3.65. The lowest BCUT2D eigenvalue weighted by molar-refractivity contribution is -0.392. The van der Waals surface area contributed by atoms with Crippen molar-refractivity contribution >= 4 is 29.1 Å². The highest BCUT2D eigenvalue weighted by atomic mass is 35.5. The molecule has 0 atom stereocenters. The van der Waals surface area contributed by atoms with Crippen LogP contribution in [0.2, 0.25) is 5.02 Å². The van der Waals surface area contributed by atoms with Crippen molar-refractivity contribution in [3.05, 3.63) is 68.7 Å². The van der Waals surface area contributed by atoms with Crippen molar-refractivity contribution in [2.45, 2.75) is 20.0 Å². The van der Waals surface area contributed by atoms with Gasteiger partial charge in [-0.15, -0.1) is 4.68 Å². The Morgan fingerprint density at radius 2 is 2.15 bits per heavy atom. The van der Waals surface area contributed by atoms with Crippen LogP contribution >= 0.6 is 11.6 Å². The number of aryl methyl sites for hydroxylation is 1. The number of halogens is 2. The average Bonchev–Trinajstić information content (AvgIpc) is 3.17. The molecule has 1 N–H and O–H groups in total. The number of hydrogen-bond donors (Lipinski definition) is 1. The van der Waals surface area contributed by atoms with Gasteiger partial charge in [0.1, 0.15) is 5.82 Å². The standard InChI is InChI=1S/C16H14ClFN6O3/c1-10-7-16(24(26)27)23(20-10)9-15(25)19-14-5-6-22(21-14)8-11-12(17)3-2-4-13(11)18/h2-7H,8-9H2,1H3,(H,19,21,25). The molecule has 27 heavy (non-hydrogen) atoms. The lowest BCUT2D eigenvalue weighted by Gasteiger charge is -2.06. The van der Waals surface area contributed by atoms with Crippen molar-refractivity contribution in [3.63, 3.8) is 0 Å². The number of anilines is 1. The molecule has 2 heterocycles. The first-order valence-corrected chi connectivity index (χ1v) is 8.16. The number of hydrogen-bond acceptors (Lipinski definition) is 5. The van der Waals surface area contributed by atoms with Crippen LogP contribution in [-0.4, -0.2) is 30.4 Å². The van der Waals surface area contributed by atoms with Crippen LogP contribution < -0.4 is 5.32 Å². The molecule has 0 saturated heterocycles. The Hall–Kier alpha value is -3.27. The monoisotopic (exact) mass is 392 g/mol. The second kappa shape index (κ2) is 7.54. The SMILES string of the molecule is Cc1cc([N+](=O)[O-])n(CC(=O)Nc2ccn(Cc3c(F)cccc3Cl)n2)n1. The van der Waals surface area contributed by atoms with Gasteiger partial charge in [0.2, 0.25) is 0 Å². The van der Waals surface area contributed by atoms with E-state index < -0.39 is 16.6 Å². The van der Waals surface area contributed by atoms with Gasteiger partial charge in [0.15, 0.2) is 12.4 Å². The molecule has 0 fully saturated rings. The summed E-state index contributed by atoms with van der Waals surface area (Å²) in [5, 5.41) is 21.8. The van der Waals surface area contributed by atoms with Crippen LogP contribution in [0.5, 0.6) is 0 Å². The molecule has 1 amide bonds. The largest absolute Gasteiger partial charge is 0.358 e. The molecule has 0 aliphatic carbocycles. The molecule has 0 aliphatic heterocycles. The van der Waals surface area contributed by atoms with Crippen LogP contribution in [0.25, 0.3) is 0 Å². The van der Waals surface area contributed by atoms with Crippen LogP contribution in [-0.2, 0) is 17.9 Å². The van der Waals surface area contributed by atoms with Gasteiger partial charge < -0.3 is 15.4 Å². The molecule has 9 nitrogen and oxygen atoms in total. The minimum absolute atomic E-state index is 0.0885. The van der Waals surface area contributed by atoms with Gasteiger partial charge in [-0.1, -0.05) is 22.8 Å². The minimum Gasteiger partial charge on any atom is -0.358 e. The summed E-state index contributed by atoms with van der Waals surface area (Å²) in [5.74, 6) is -1.04. The summed E-state index contributed by atoms with van der Waals surface area (Å²) in [5.41, 5.74) is 0.711. The van der Waals surface area contributed by atoms with Crippen molar-refractivity contribution in [1.29, 1.82) is 0 Å². The number of amides is 1. The van der Waals surface area contributed by atoms with E-state index in [1.807, 2.05) is 0 Å². The first kappa shape index (κ1) is 18.5. The molecular weight excluding hydrogens is 379 g/mol. The highest BCUT2D eigenvalue weighted by Crippen LogP contribution is 2.20. The van der Waals surface area contributed by atoms with Crippen LogP contribution in [0.1, 0.15) is 11.3 Å². The van der Waals surface area contributed by atoms with Gasteiger partial charge in [0.05, 0.1) is 18.3 Å². The molecule has 0 saturated carbocycles. The van der Waals surface area contributed by atoms with Crippen molar-refractivity contribution in [1.82, 2.24) is 19.6 Å². The van der Waals surface area contributed by atoms with E-state index in [0.717, 1.165) is 4.68 Å². The lowest BCUT2D eigenvalue weighted by Crippen LogP contribution is -2.21. The zero-order valence-corrected chi connectivity index (χ0v) is 14.9.